The minimum absolute atomic E-state index is 0.0526. The number of aliphatic imine (C=N–C) groups is 1. The van der Waals surface area contributed by atoms with Crippen LogP contribution in [0.5, 0.6) is 11.5 Å². The van der Waals surface area contributed by atoms with E-state index >= 15 is 0 Å². The molecule has 0 aromatic heterocycles. The molecule has 1 aliphatic rings. The minimum Gasteiger partial charge on any atom is -0.493 e. The molecule has 1 atom stereocenters. The van der Waals surface area contributed by atoms with E-state index in [1.807, 2.05) is 48.5 Å². The van der Waals surface area contributed by atoms with Crippen molar-refractivity contribution in [1.82, 2.24) is 0 Å². The first-order valence-electron chi connectivity index (χ1n) is 8.94. The summed E-state index contributed by atoms with van der Waals surface area (Å²) >= 11 is 1.55. The van der Waals surface area contributed by atoms with Gasteiger partial charge in [-0.1, -0.05) is 62.9 Å². The van der Waals surface area contributed by atoms with Crippen molar-refractivity contribution in [2.75, 3.05) is 7.11 Å². The zero-order valence-electron chi connectivity index (χ0n) is 16.2. The normalized spacial score (nSPS) is 17.1. The molecule has 142 valence electrons. The summed E-state index contributed by atoms with van der Waals surface area (Å²) in [6, 6.07) is 16.1. The second-order valence-electron chi connectivity index (χ2n) is 7.42. The summed E-state index contributed by atoms with van der Waals surface area (Å²) in [7, 11) is 1.65. The van der Waals surface area contributed by atoms with Gasteiger partial charge < -0.3 is 15.2 Å². The van der Waals surface area contributed by atoms with Crippen LogP contribution in [0.15, 0.2) is 59.6 Å². The van der Waals surface area contributed by atoms with Crippen molar-refractivity contribution in [3.8, 4) is 11.5 Å². The van der Waals surface area contributed by atoms with E-state index in [0.717, 1.165) is 21.7 Å². The molecule has 0 amide bonds. The molecule has 2 aromatic carbocycles. The maximum absolute atomic E-state index is 6.16. The highest BCUT2D eigenvalue weighted by atomic mass is 32.2. The van der Waals surface area contributed by atoms with Gasteiger partial charge in [0.25, 0.3) is 0 Å². The van der Waals surface area contributed by atoms with Crippen molar-refractivity contribution >= 4 is 22.4 Å². The van der Waals surface area contributed by atoms with E-state index in [4.69, 9.17) is 15.2 Å². The molecule has 1 unspecified atom stereocenters. The van der Waals surface area contributed by atoms with Gasteiger partial charge in [0.05, 0.1) is 7.11 Å². The average Bonchev–Trinajstić information content (AvgIpc) is 2.65. The Labute approximate surface area is 165 Å². The molecule has 4 nitrogen and oxygen atoms in total. The van der Waals surface area contributed by atoms with Crippen LogP contribution in [0.4, 0.5) is 0 Å². The lowest BCUT2D eigenvalue weighted by atomic mass is 9.89. The highest BCUT2D eigenvalue weighted by Gasteiger charge is 2.24. The summed E-state index contributed by atoms with van der Waals surface area (Å²) in [4.78, 5) is 5.68. The Kier molecular flexibility index (Phi) is 5.92. The van der Waals surface area contributed by atoms with Crippen LogP contribution in [-0.4, -0.2) is 18.3 Å². The SMILES string of the molecule is COc1ccc(C2=CC(C(C)(C)C)=NC(N)S2)cc1OCc1ccccc1. The number of thioether (sulfide) groups is 1. The molecule has 0 aliphatic carbocycles. The largest absolute Gasteiger partial charge is 0.493 e. The van der Waals surface area contributed by atoms with Gasteiger partial charge in [0, 0.05) is 16.0 Å². The highest BCUT2D eigenvalue weighted by Crippen LogP contribution is 2.39. The first-order chi connectivity index (χ1) is 12.9. The third-order valence-electron chi connectivity index (χ3n) is 4.24. The van der Waals surface area contributed by atoms with Crippen molar-refractivity contribution < 1.29 is 9.47 Å². The van der Waals surface area contributed by atoms with E-state index in [9.17, 15) is 0 Å². The maximum Gasteiger partial charge on any atom is 0.162 e. The van der Waals surface area contributed by atoms with Crippen molar-refractivity contribution in [3.63, 3.8) is 0 Å². The van der Waals surface area contributed by atoms with Gasteiger partial charge in [-0.05, 0) is 35.4 Å². The second kappa shape index (κ2) is 8.19. The van der Waals surface area contributed by atoms with E-state index in [1.54, 1.807) is 18.9 Å². The molecular weight excluding hydrogens is 356 g/mol. The number of hydrogen-bond donors (Lipinski definition) is 1. The fraction of sp³-hybridized carbons (Fsp3) is 0.318. The molecule has 0 bridgehead atoms. The maximum atomic E-state index is 6.16. The van der Waals surface area contributed by atoms with Crippen LogP contribution in [0.1, 0.15) is 31.9 Å². The third-order valence-corrected chi connectivity index (χ3v) is 5.19. The van der Waals surface area contributed by atoms with Crippen LogP contribution in [0.25, 0.3) is 4.91 Å². The van der Waals surface area contributed by atoms with Gasteiger partial charge in [-0.15, -0.1) is 0 Å². The zero-order valence-corrected chi connectivity index (χ0v) is 17.0. The van der Waals surface area contributed by atoms with E-state index in [0.29, 0.717) is 18.1 Å². The number of hydrogen-bond acceptors (Lipinski definition) is 5. The van der Waals surface area contributed by atoms with E-state index < -0.39 is 0 Å². The van der Waals surface area contributed by atoms with Gasteiger partial charge in [-0.3, -0.25) is 4.99 Å². The molecule has 2 aromatic rings. The summed E-state index contributed by atoms with van der Waals surface area (Å²) in [5, 5.41) is 0. The fourth-order valence-corrected chi connectivity index (χ4v) is 3.60. The van der Waals surface area contributed by atoms with Crippen molar-refractivity contribution in [2.24, 2.45) is 16.1 Å². The molecule has 0 fully saturated rings. The van der Waals surface area contributed by atoms with Gasteiger partial charge in [0.1, 0.15) is 12.1 Å². The van der Waals surface area contributed by atoms with Gasteiger partial charge in [0.15, 0.2) is 11.5 Å². The van der Waals surface area contributed by atoms with Crippen LogP contribution in [0.2, 0.25) is 0 Å². The van der Waals surface area contributed by atoms with Crippen molar-refractivity contribution in [1.29, 1.82) is 0 Å². The monoisotopic (exact) mass is 382 g/mol. The number of ether oxygens (including phenoxy) is 2. The average molecular weight is 383 g/mol. The lowest BCUT2D eigenvalue weighted by Crippen LogP contribution is -2.26. The lowest BCUT2D eigenvalue weighted by molar-refractivity contribution is 0.284. The molecule has 27 heavy (non-hydrogen) atoms. The van der Waals surface area contributed by atoms with Crippen molar-refractivity contribution in [2.45, 2.75) is 32.9 Å². The fourth-order valence-electron chi connectivity index (χ4n) is 2.73. The first kappa shape index (κ1) is 19.5. The Balaban J connectivity index is 1.88. The number of nitrogens with two attached hydrogens (primary N) is 1. The molecular formula is C22H26N2O2S. The molecule has 0 saturated carbocycles. The van der Waals surface area contributed by atoms with Gasteiger partial charge >= 0.3 is 0 Å². The summed E-state index contributed by atoms with van der Waals surface area (Å²) in [5.74, 6) is 1.43. The Morgan fingerprint density at radius 3 is 2.48 bits per heavy atom. The van der Waals surface area contributed by atoms with Crippen LogP contribution in [0.3, 0.4) is 0 Å². The summed E-state index contributed by atoms with van der Waals surface area (Å²) in [6.07, 6.45) is 2.12. The first-order valence-corrected chi connectivity index (χ1v) is 9.82. The zero-order chi connectivity index (χ0) is 19.4. The summed E-state index contributed by atoms with van der Waals surface area (Å²) < 4.78 is 11.5. The second-order valence-corrected chi connectivity index (χ2v) is 8.58. The molecule has 3 rings (SSSR count). The predicted octanol–water partition coefficient (Wildman–Crippen LogP) is 5.09. The Morgan fingerprint density at radius 1 is 1.07 bits per heavy atom. The van der Waals surface area contributed by atoms with Crippen LogP contribution in [0, 0.1) is 5.41 Å². The van der Waals surface area contributed by atoms with Crippen LogP contribution >= 0.6 is 11.8 Å². The Hall–Kier alpha value is -2.24. The van der Waals surface area contributed by atoms with Gasteiger partial charge in [0.2, 0.25) is 0 Å². The smallest absolute Gasteiger partial charge is 0.162 e. The number of nitrogens with zero attached hydrogens (tertiary/aromatic N) is 1. The summed E-state index contributed by atoms with van der Waals surface area (Å²) in [5.41, 5.74) is 8.98. The third kappa shape index (κ3) is 4.93. The molecule has 0 radical (unpaired) electrons. The van der Waals surface area contributed by atoms with Crippen molar-refractivity contribution in [3.05, 3.63) is 65.7 Å². The minimum atomic E-state index is -0.296. The number of rotatable bonds is 5. The Morgan fingerprint density at radius 2 is 1.81 bits per heavy atom. The number of methoxy groups -OCH3 is 1. The predicted molar refractivity (Wildman–Crippen MR) is 114 cm³/mol. The quantitative estimate of drug-likeness (QED) is 0.782. The van der Waals surface area contributed by atoms with E-state index in [-0.39, 0.29) is 10.9 Å². The molecule has 1 heterocycles. The molecule has 0 saturated heterocycles. The number of benzene rings is 2. The van der Waals surface area contributed by atoms with Gasteiger partial charge in [-0.2, -0.15) is 0 Å². The number of allylic oxidation sites excluding steroid dienone is 1. The molecule has 1 aliphatic heterocycles. The topological polar surface area (TPSA) is 56.8 Å². The van der Waals surface area contributed by atoms with Crippen LogP contribution < -0.4 is 15.2 Å². The summed E-state index contributed by atoms with van der Waals surface area (Å²) in [6.45, 7) is 6.92. The van der Waals surface area contributed by atoms with E-state index in [2.05, 4.69) is 31.8 Å². The standard InChI is InChI=1S/C22H26N2O2S/c1-22(2,3)20-13-19(27-21(23)24-20)16-10-11-17(25-4)18(12-16)26-14-15-8-6-5-7-9-15/h5-13,21H,14,23H2,1-4H3. The lowest BCUT2D eigenvalue weighted by Gasteiger charge is -2.26. The van der Waals surface area contributed by atoms with Gasteiger partial charge in [-0.25, -0.2) is 0 Å². The highest BCUT2D eigenvalue weighted by molar-refractivity contribution is 8.08. The molecule has 2 N–H and O–H groups in total. The van der Waals surface area contributed by atoms with Crippen LogP contribution in [-0.2, 0) is 6.61 Å². The molecule has 5 heteroatoms. The Bertz CT molecular complexity index is 854. The van der Waals surface area contributed by atoms with E-state index in [1.165, 1.54) is 0 Å². The molecule has 0 spiro atoms.